The molecule has 0 radical (unpaired) electrons. The number of allylic oxidation sites excluding steroid dienone is 1. The lowest BCUT2D eigenvalue weighted by atomic mass is 9.95. The van der Waals surface area contributed by atoms with E-state index in [2.05, 4.69) is 11.4 Å². The Morgan fingerprint density at radius 2 is 2.26 bits per heavy atom. The molecule has 2 N–H and O–H groups in total. The highest BCUT2D eigenvalue weighted by Crippen LogP contribution is 2.36. The molecule has 0 atom stereocenters. The molecule has 0 fully saturated rings. The van der Waals surface area contributed by atoms with Crippen molar-refractivity contribution in [2.24, 2.45) is 0 Å². The molecule has 2 aliphatic rings. The van der Waals surface area contributed by atoms with Gasteiger partial charge in [-0.1, -0.05) is 0 Å². The van der Waals surface area contributed by atoms with Crippen molar-refractivity contribution in [3.8, 4) is 6.07 Å². The Balaban J connectivity index is 1.74. The van der Waals surface area contributed by atoms with E-state index in [1.807, 2.05) is 6.07 Å². The number of ether oxygens (including phenoxy) is 1. The van der Waals surface area contributed by atoms with Crippen LogP contribution < -0.4 is 5.32 Å². The topological polar surface area (TPSA) is 65.3 Å². The minimum atomic E-state index is 0.421. The predicted molar refractivity (Wildman–Crippen MR) is 74.0 cm³/mol. The van der Waals surface area contributed by atoms with Gasteiger partial charge < -0.3 is 15.2 Å². The first-order valence-corrected chi connectivity index (χ1v) is 7.09. The molecule has 1 aromatic rings. The molecule has 0 spiro atoms. The molecule has 3 rings (SSSR count). The molecule has 0 amide bonds. The van der Waals surface area contributed by atoms with Crippen molar-refractivity contribution in [3.63, 3.8) is 0 Å². The Kier molecular flexibility index (Phi) is 3.18. The first-order valence-electron chi connectivity index (χ1n) is 6.28. The van der Waals surface area contributed by atoms with Crippen LogP contribution >= 0.6 is 11.3 Å². The van der Waals surface area contributed by atoms with Crippen molar-refractivity contribution >= 4 is 16.3 Å². The summed E-state index contributed by atoms with van der Waals surface area (Å²) in [6.07, 6.45) is 2.58. The van der Waals surface area contributed by atoms with E-state index >= 15 is 0 Å². The molecule has 0 aromatic carbocycles. The van der Waals surface area contributed by atoms with Gasteiger partial charge in [-0.3, -0.25) is 0 Å². The zero-order valence-electron chi connectivity index (χ0n) is 10.4. The largest absolute Gasteiger partial charge is 0.512 e. The number of thiophene rings is 1. The van der Waals surface area contributed by atoms with E-state index in [9.17, 15) is 5.11 Å². The number of aliphatic hydroxyl groups is 1. The highest BCUT2D eigenvalue weighted by molar-refractivity contribution is 7.16. The lowest BCUT2D eigenvalue weighted by Gasteiger charge is -2.18. The van der Waals surface area contributed by atoms with Gasteiger partial charge in [0, 0.05) is 19.4 Å². The Bertz CT molecular complexity index is 607. The van der Waals surface area contributed by atoms with Gasteiger partial charge in [0.25, 0.3) is 0 Å². The molecular formula is C14H14N2O2S. The quantitative estimate of drug-likeness (QED) is 0.887. The number of nitrogens with zero attached hydrogens (tertiary/aromatic N) is 1. The average molecular weight is 274 g/mol. The number of rotatable bonds is 3. The number of hydrogen-bond acceptors (Lipinski definition) is 5. The molecule has 0 unspecified atom stereocenters. The van der Waals surface area contributed by atoms with Gasteiger partial charge in [-0.15, -0.1) is 11.3 Å². The van der Waals surface area contributed by atoms with Crippen LogP contribution in [-0.4, -0.2) is 18.3 Å². The summed E-state index contributed by atoms with van der Waals surface area (Å²) < 4.78 is 5.63. The van der Waals surface area contributed by atoms with Crippen molar-refractivity contribution < 1.29 is 9.84 Å². The van der Waals surface area contributed by atoms with Crippen LogP contribution in [-0.2, 0) is 4.74 Å². The molecule has 2 heterocycles. The van der Waals surface area contributed by atoms with Crippen molar-refractivity contribution in [2.45, 2.75) is 19.3 Å². The molecule has 1 aliphatic heterocycles. The average Bonchev–Trinajstić information content (AvgIpc) is 3.05. The van der Waals surface area contributed by atoms with E-state index < -0.39 is 0 Å². The van der Waals surface area contributed by atoms with Crippen molar-refractivity contribution in [1.29, 1.82) is 5.26 Å². The zero-order chi connectivity index (χ0) is 13.2. The van der Waals surface area contributed by atoms with Crippen molar-refractivity contribution in [1.82, 2.24) is 0 Å². The molecule has 98 valence electrons. The molecule has 4 nitrogen and oxygen atoms in total. The first-order chi connectivity index (χ1) is 9.28. The Labute approximate surface area is 115 Å². The maximum Gasteiger partial charge on any atom is 0.126 e. The minimum absolute atomic E-state index is 0.421. The van der Waals surface area contributed by atoms with Crippen molar-refractivity contribution in [2.75, 3.05) is 18.5 Å². The van der Waals surface area contributed by atoms with E-state index in [0.29, 0.717) is 23.6 Å². The van der Waals surface area contributed by atoms with E-state index in [0.717, 1.165) is 35.8 Å². The van der Waals surface area contributed by atoms with Crippen LogP contribution in [0.5, 0.6) is 0 Å². The van der Waals surface area contributed by atoms with Crippen LogP contribution in [0, 0.1) is 11.3 Å². The van der Waals surface area contributed by atoms with Gasteiger partial charge in [-0.05, 0) is 24.1 Å². The smallest absolute Gasteiger partial charge is 0.126 e. The van der Waals surface area contributed by atoms with E-state index in [4.69, 9.17) is 10.00 Å². The predicted octanol–water partition coefficient (Wildman–Crippen LogP) is 3.31. The Morgan fingerprint density at radius 3 is 3.05 bits per heavy atom. The third-order valence-electron chi connectivity index (χ3n) is 3.41. The second-order valence-corrected chi connectivity index (χ2v) is 5.67. The van der Waals surface area contributed by atoms with E-state index in [-0.39, 0.29) is 0 Å². The Hall–Kier alpha value is -1.93. The second kappa shape index (κ2) is 4.98. The fourth-order valence-electron chi connectivity index (χ4n) is 2.43. The molecule has 0 bridgehead atoms. The van der Waals surface area contributed by atoms with Crippen LogP contribution in [0.4, 0.5) is 5.00 Å². The van der Waals surface area contributed by atoms with Crippen molar-refractivity contribution in [3.05, 3.63) is 39.7 Å². The lowest BCUT2D eigenvalue weighted by molar-refractivity contribution is 0.246. The minimum Gasteiger partial charge on any atom is -0.512 e. The van der Waals surface area contributed by atoms with Gasteiger partial charge >= 0.3 is 0 Å². The second-order valence-electron chi connectivity index (χ2n) is 4.59. The standard InChI is InChI=1S/C14H14N2O2S/c15-7-10-2-4-13(19-10)16-8-11-12(17)3-1-9-5-6-18-14(9)11/h2,4,16-17H,1,3,5-6,8H2. The lowest BCUT2D eigenvalue weighted by Crippen LogP contribution is -2.12. The van der Waals surface area contributed by atoms with Gasteiger partial charge in [-0.25, -0.2) is 0 Å². The van der Waals surface area contributed by atoms with Crippen LogP contribution in [0.1, 0.15) is 24.1 Å². The SMILES string of the molecule is N#Cc1ccc(NCC2=C(O)CCC3=C2OCC3)s1. The van der Waals surface area contributed by atoms with Crippen LogP contribution in [0.15, 0.2) is 34.8 Å². The highest BCUT2D eigenvalue weighted by Gasteiger charge is 2.26. The molecule has 0 saturated carbocycles. The number of hydrogen-bond donors (Lipinski definition) is 2. The fraction of sp³-hybridized carbons (Fsp3) is 0.357. The van der Waals surface area contributed by atoms with Gasteiger partial charge in [0.15, 0.2) is 0 Å². The summed E-state index contributed by atoms with van der Waals surface area (Å²) in [5, 5.41) is 23.0. The number of aliphatic hydroxyl groups excluding tert-OH is 1. The van der Waals surface area contributed by atoms with Crippen LogP contribution in [0.25, 0.3) is 0 Å². The zero-order valence-corrected chi connectivity index (χ0v) is 11.2. The summed E-state index contributed by atoms with van der Waals surface area (Å²) in [6, 6.07) is 5.79. The normalized spacial score (nSPS) is 18.1. The number of anilines is 1. The van der Waals surface area contributed by atoms with Gasteiger partial charge in [0.2, 0.25) is 0 Å². The summed E-state index contributed by atoms with van der Waals surface area (Å²) >= 11 is 1.41. The van der Waals surface area contributed by atoms with Crippen LogP contribution in [0.2, 0.25) is 0 Å². The third kappa shape index (κ3) is 2.32. The monoisotopic (exact) mass is 274 g/mol. The molecular weight excluding hydrogens is 260 g/mol. The van der Waals surface area contributed by atoms with Gasteiger partial charge in [0.05, 0.1) is 17.2 Å². The van der Waals surface area contributed by atoms with Gasteiger partial charge in [-0.2, -0.15) is 5.26 Å². The molecule has 0 saturated heterocycles. The molecule has 19 heavy (non-hydrogen) atoms. The summed E-state index contributed by atoms with van der Waals surface area (Å²) in [5.74, 6) is 1.30. The first kappa shape index (κ1) is 12.1. The summed E-state index contributed by atoms with van der Waals surface area (Å²) in [6.45, 7) is 1.26. The molecule has 5 heteroatoms. The summed E-state index contributed by atoms with van der Waals surface area (Å²) in [5.41, 5.74) is 2.18. The van der Waals surface area contributed by atoms with Crippen LogP contribution in [0.3, 0.4) is 0 Å². The molecule has 1 aromatic heterocycles. The number of nitrogens with one attached hydrogen (secondary N) is 1. The summed E-state index contributed by atoms with van der Waals surface area (Å²) in [4.78, 5) is 0.682. The summed E-state index contributed by atoms with van der Waals surface area (Å²) in [7, 11) is 0. The number of nitriles is 1. The maximum atomic E-state index is 10.0. The Morgan fingerprint density at radius 1 is 1.37 bits per heavy atom. The molecule has 1 aliphatic carbocycles. The van der Waals surface area contributed by atoms with E-state index in [1.54, 1.807) is 6.07 Å². The maximum absolute atomic E-state index is 10.0. The highest BCUT2D eigenvalue weighted by atomic mass is 32.1. The third-order valence-corrected chi connectivity index (χ3v) is 4.36. The fourth-order valence-corrected chi connectivity index (χ4v) is 3.13. The van der Waals surface area contributed by atoms with E-state index in [1.165, 1.54) is 16.9 Å². The van der Waals surface area contributed by atoms with Gasteiger partial charge in [0.1, 0.15) is 22.5 Å².